The van der Waals surface area contributed by atoms with Crippen LogP contribution < -0.4 is 5.32 Å². The Labute approximate surface area is 111 Å². The number of rotatable bonds is 3. The molecule has 0 saturated heterocycles. The van der Waals surface area contributed by atoms with Crippen LogP contribution in [0.3, 0.4) is 0 Å². The largest absolute Gasteiger partial charge is 0.353 e. The zero-order chi connectivity index (χ0) is 13.1. The number of hydrogen-bond acceptors (Lipinski definition) is 4. The van der Waals surface area contributed by atoms with Gasteiger partial charge in [0.15, 0.2) is 0 Å². The Morgan fingerprint density at radius 1 is 1.21 bits per heavy atom. The summed E-state index contributed by atoms with van der Waals surface area (Å²) < 4.78 is 4.65. The summed E-state index contributed by atoms with van der Waals surface area (Å²) in [7, 11) is 0. The molecule has 2 aromatic rings. The quantitative estimate of drug-likeness (QED) is 0.917. The molecule has 1 saturated carbocycles. The first kappa shape index (κ1) is 12.1. The molecule has 5 nitrogen and oxygen atoms in total. The molecule has 3 rings (SSSR count). The summed E-state index contributed by atoms with van der Waals surface area (Å²) in [6.45, 7) is 0. The predicted molar refractivity (Wildman–Crippen MR) is 70.5 cm³/mol. The van der Waals surface area contributed by atoms with Crippen molar-refractivity contribution in [2.45, 2.75) is 44.6 Å². The van der Waals surface area contributed by atoms with E-state index in [-0.39, 0.29) is 5.91 Å². The fourth-order valence-electron chi connectivity index (χ4n) is 2.65. The summed E-state index contributed by atoms with van der Waals surface area (Å²) >= 11 is 0. The van der Waals surface area contributed by atoms with Gasteiger partial charge in [-0.15, -0.1) is 0 Å². The normalized spacial score (nSPS) is 16.6. The lowest BCUT2D eigenvalue weighted by atomic mass is 9.95. The summed E-state index contributed by atoms with van der Waals surface area (Å²) in [4.78, 5) is 12.0. The van der Waals surface area contributed by atoms with E-state index in [0.717, 1.165) is 23.9 Å². The molecule has 1 N–H and O–H groups in total. The molecular weight excluding hydrogens is 242 g/mol. The Hall–Kier alpha value is -1.91. The number of hydrogen-bond donors (Lipinski definition) is 1. The molecule has 0 atom stereocenters. The minimum absolute atomic E-state index is 0.0858. The molecule has 0 bridgehead atoms. The van der Waals surface area contributed by atoms with Gasteiger partial charge < -0.3 is 5.32 Å². The second-order valence-electron chi connectivity index (χ2n) is 5.17. The highest BCUT2D eigenvalue weighted by molar-refractivity contribution is 5.81. The topological polar surface area (TPSA) is 68.0 Å². The first-order valence-electron chi connectivity index (χ1n) is 6.82. The van der Waals surface area contributed by atoms with Gasteiger partial charge in [-0.25, -0.2) is 4.63 Å². The van der Waals surface area contributed by atoms with Crippen molar-refractivity contribution >= 4 is 16.9 Å². The fraction of sp³-hybridized carbons (Fsp3) is 0.500. The lowest BCUT2D eigenvalue weighted by molar-refractivity contribution is -0.121. The SMILES string of the molecule is O=C(Cc1ccc2nonc2c1)NC1CCCCC1. The van der Waals surface area contributed by atoms with Gasteiger partial charge in [-0.2, -0.15) is 0 Å². The van der Waals surface area contributed by atoms with E-state index >= 15 is 0 Å². The van der Waals surface area contributed by atoms with E-state index in [1.165, 1.54) is 19.3 Å². The van der Waals surface area contributed by atoms with Crippen molar-refractivity contribution in [1.29, 1.82) is 0 Å². The predicted octanol–water partition coefficient (Wildman–Crippen LogP) is 2.21. The third-order valence-corrected chi connectivity index (χ3v) is 3.65. The molecule has 0 radical (unpaired) electrons. The van der Waals surface area contributed by atoms with Crippen molar-refractivity contribution in [2.24, 2.45) is 0 Å². The summed E-state index contributed by atoms with van der Waals surface area (Å²) in [5, 5.41) is 10.6. The van der Waals surface area contributed by atoms with Gasteiger partial charge in [-0.05, 0) is 40.9 Å². The summed E-state index contributed by atoms with van der Waals surface area (Å²) in [5.74, 6) is 0.0858. The Morgan fingerprint density at radius 2 is 2.00 bits per heavy atom. The molecule has 1 aliphatic carbocycles. The molecule has 1 heterocycles. The lowest BCUT2D eigenvalue weighted by Gasteiger charge is -2.22. The van der Waals surface area contributed by atoms with Crippen LogP contribution in [0.25, 0.3) is 11.0 Å². The lowest BCUT2D eigenvalue weighted by Crippen LogP contribution is -2.37. The second kappa shape index (κ2) is 5.38. The molecule has 1 aromatic heterocycles. The zero-order valence-corrected chi connectivity index (χ0v) is 10.8. The first-order chi connectivity index (χ1) is 9.31. The maximum absolute atomic E-state index is 12.0. The van der Waals surface area contributed by atoms with Crippen LogP contribution in [-0.2, 0) is 11.2 Å². The molecule has 100 valence electrons. The van der Waals surface area contributed by atoms with Gasteiger partial charge in [0.2, 0.25) is 5.91 Å². The summed E-state index contributed by atoms with van der Waals surface area (Å²) in [5.41, 5.74) is 2.36. The van der Waals surface area contributed by atoms with Crippen LogP contribution in [0.2, 0.25) is 0 Å². The van der Waals surface area contributed by atoms with Crippen LogP contribution in [0.15, 0.2) is 22.8 Å². The van der Waals surface area contributed by atoms with Gasteiger partial charge in [0.25, 0.3) is 0 Å². The molecule has 1 aliphatic rings. The van der Waals surface area contributed by atoms with E-state index in [1.807, 2.05) is 18.2 Å². The van der Waals surface area contributed by atoms with E-state index in [4.69, 9.17) is 0 Å². The van der Waals surface area contributed by atoms with Crippen molar-refractivity contribution in [3.63, 3.8) is 0 Å². The zero-order valence-electron chi connectivity index (χ0n) is 10.8. The van der Waals surface area contributed by atoms with Crippen molar-refractivity contribution < 1.29 is 9.42 Å². The van der Waals surface area contributed by atoms with Crippen LogP contribution in [0.1, 0.15) is 37.7 Å². The smallest absolute Gasteiger partial charge is 0.224 e. The third kappa shape index (κ3) is 2.92. The second-order valence-corrected chi connectivity index (χ2v) is 5.17. The van der Waals surface area contributed by atoms with Crippen molar-refractivity contribution in [2.75, 3.05) is 0 Å². The number of amides is 1. The molecule has 5 heteroatoms. The van der Waals surface area contributed by atoms with Gasteiger partial charge >= 0.3 is 0 Å². The van der Waals surface area contributed by atoms with E-state index in [2.05, 4.69) is 20.3 Å². The van der Waals surface area contributed by atoms with Gasteiger partial charge in [0, 0.05) is 6.04 Å². The number of carbonyl (C=O) groups excluding carboxylic acids is 1. The molecule has 19 heavy (non-hydrogen) atoms. The van der Waals surface area contributed by atoms with Crippen LogP contribution in [0.5, 0.6) is 0 Å². The fourth-order valence-corrected chi connectivity index (χ4v) is 2.65. The molecule has 1 amide bonds. The van der Waals surface area contributed by atoms with Crippen molar-refractivity contribution in [1.82, 2.24) is 15.6 Å². The minimum Gasteiger partial charge on any atom is -0.353 e. The number of aromatic nitrogens is 2. The molecule has 0 aliphatic heterocycles. The van der Waals surface area contributed by atoms with E-state index < -0.39 is 0 Å². The van der Waals surface area contributed by atoms with Crippen LogP contribution in [0, 0.1) is 0 Å². The molecule has 1 aromatic carbocycles. The van der Waals surface area contributed by atoms with Gasteiger partial charge in [0.05, 0.1) is 6.42 Å². The Morgan fingerprint density at radius 3 is 2.84 bits per heavy atom. The maximum Gasteiger partial charge on any atom is 0.224 e. The van der Waals surface area contributed by atoms with Crippen molar-refractivity contribution in [3.05, 3.63) is 23.8 Å². The third-order valence-electron chi connectivity index (χ3n) is 3.65. The molecule has 0 unspecified atom stereocenters. The molecule has 0 spiro atoms. The van der Waals surface area contributed by atoms with Crippen LogP contribution >= 0.6 is 0 Å². The molecule has 1 fully saturated rings. The monoisotopic (exact) mass is 259 g/mol. The van der Waals surface area contributed by atoms with E-state index in [9.17, 15) is 4.79 Å². The number of nitrogens with zero attached hydrogens (tertiary/aromatic N) is 2. The summed E-state index contributed by atoms with van der Waals surface area (Å²) in [6.07, 6.45) is 6.35. The maximum atomic E-state index is 12.0. The van der Waals surface area contributed by atoms with Crippen LogP contribution in [-0.4, -0.2) is 22.3 Å². The number of carbonyl (C=O) groups is 1. The number of nitrogens with one attached hydrogen (secondary N) is 1. The highest BCUT2D eigenvalue weighted by atomic mass is 16.6. The Balaban J connectivity index is 1.61. The first-order valence-corrected chi connectivity index (χ1v) is 6.82. The average Bonchev–Trinajstić information content (AvgIpc) is 2.87. The standard InChI is InChI=1S/C14H17N3O2/c18-14(15-11-4-2-1-3-5-11)9-10-6-7-12-13(8-10)17-19-16-12/h6-8,11H,1-5,9H2,(H,15,18). The van der Waals surface area contributed by atoms with Crippen LogP contribution in [0.4, 0.5) is 0 Å². The minimum atomic E-state index is 0.0858. The highest BCUT2D eigenvalue weighted by Crippen LogP contribution is 2.18. The Kier molecular flexibility index (Phi) is 3.44. The number of benzene rings is 1. The van der Waals surface area contributed by atoms with E-state index in [0.29, 0.717) is 18.0 Å². The van der Waals surface area contributed by atoms with Gasteiger partial charge in [-0.3, -0.25) is 4.79 Å². The molecular formula is C14H17N3O2. The van der Waals surface area contributed by atoms with Gasteiger partial charge in [-0.1, -0.05) is 25.3 Å². The number of fused-ring (bicyclic) bond motifs is 1. The van der Waals surface area contributed by atoms with Crippen molar-refractivity contribution in [3.8, 4) is 0 Å². The summed E-state index contributed by atoms with van der Waals surface area (Å²) in [6, 6.07) is 5.94. The average molecular weight is 259 g/mol. The Bertz CT molecular complexity index is 573. The van der Waals surface area contributed by atoms with E-state index in [1.54, 1.807) is 0 Å². The highest BCUT2D eigenvalue weighted by Gasteiger charge is 2.16. The van der Waals surface area contributed by atoms with Gasteiger partial charge in [0.1, 0.15) is 11.0 Å².